The summed E-state index contributed by atoms with van der Waals surface area (Å²) in [5.74, 6) is 0.644. The molecule has 1 aromatic heterocycles. The van der Waals surface area contributed by atoms with Gasteiger partial charge in [-0.3, -0.25) is 0 Å². The summed E-state index contributed by atoms with van der Waals surface area (Å²) in [4.78, 5) is 8.36. The minimum Gasteiger partial charge on any atom is -0.489 e. The lowest BCUT2D eigenvalue weighted by molar-refractivity contribution is 0.128. The predicted octanol–water partition coefficient (Wildman–Crippen LogP) is 3.71. The van der Waals surface area contributed by atoms with Gasteiger partial charge in [0.1, 0.15) is 18.2 Å². The molecule has 0 saturated carbocycles. The molecule has 26 heavy (non-hydrogen) atoms. The second-order valence-electron chi connectivity index (χ2n) is 6.40. The van der Waals surface area contributed by atoms with Crippen LogP contribution in [-0.2, 0) is 0 Å². The van der Waals surface area contributed by atoms with Gasteiger partial charge in [0, 0.05) is 5.70 Å². The number of nitrogens with zero attached hydrogens (tertiary/aromatic N) is 2. The molecule has 0 spiro atoms. The molecular weight excluding hydrogens is 335 g/mol. The first-order valence-electron chi connectivity index (χ1n) is 8.51. The summed E-state index contributed by atoms with van der Waals surface area (Å²) in [6.07, 6.45) is 2.96. The van der Waals surface area contributed by atoms with E-state index < -0.39 is 0 Å². The molecule has 1 aliphatic rings. The molecular formula is C19H23FN4O2. The maximum atomic E-state index is 14.1. The molecule has 138 valence electrons. The molecule has 1 aliphatic heterocycles. The average Bonchev–Trinajstić information content (AvgIpc) is 2.60. The number of benzene rings is 1. The van der Waals surface area contributed by atoms with Crippen LogP contribution >= 0.6 is 0 Å². The summed E-state index contributed by atoms with van der Waals surface area (Å²) in [5.41, 5.74) is 2.15. The first-order chi connectivity index (χ1) is 12.5. The monoisotopic (exact) mass is 358 g/mol. The normalized spacial score (nSPS) is 19.6. The lowest BCUT2D eigenvalue weighted by Crippen LogP contribution is -2.44. The highest BCUT2D eigenvalue weighted by molar-refractivity contribution is 5.65. The quantitative estimate of drug-likeness (QED) is 0.849. The van der Waals surface area contributed by atoms with Gasteiger partial charge in [0.15, 0.2) is 5.82 Å². The molecule has 1 saturated heterocycles. The maximum absolute atomic E-state index is 14.1. The number of allylic oxidation sites excluding steroid dienone is 1. The van der Waals surface area contributed by atoms with Gasteiger partial charge in [0.25, 0.3) is 5.88 Å². The molecule has 2 aromatic rings. The summed E-state index contributed by atoms with van der Waals surface area (Å²) in [6.45, 7) is 7.82. The van der Waals surface area contributed by atoms with Gasteiger partial charge in [-0.05, 0) is 44.4 Å². The van der Waals surface area contributed by atoms with Crippen molar-refractivity contribution in [1.82, 2.24) is 15.3 Å². The second kappa shape index (κ2) is 7.59. The second-order valence-corrected chi connectivity index (χ2v) is 6.40. The van der Waals surface area contributed by atoms with Gasteiger partial charge >= 0.3 is 0 Å². The number of aryl methyl sites for hydroxylation is 1. The fraction of sp³-hybridized carbons (Fsp3) is 0.368. The fourth-order valence-electron chi connectivity index (χ4n) is 2.92. The topological polar surface area (TPSA) is 68.3 Å². The SMILES string of the molecule is C=C1CC[C@H](Oc2ncnc(Nc3ccc(C)cc3F)c2OC)C(C)N1. The summed E-state index contributed by atoms with van der Waals surface area (Å²) >= 11 is 0. The van der Waals surface area contributed by atoms with Crippen LogP contribution in [0.2, 0.25) is 0 Å². The van der Waals surface area contributed by atoms with Crippen molar-refractivity contribution in [3.05, 3.63) is 48.2 Å². The van der Waals surface area contributed by atoms with E-state index in [2.05, 4.69) is 27.2 Å². The third kappa shape index (κ3) is 3.87. The third-order valence-electron chi connectivity index (χ3n) is 4.34. The summed E-state index contributed by atoms with van der Waals surface area (Å²) in [7, 11) is 1.51. The Morgan fingerprint density at radius 2 is 2.15 bits per heavy atom. The predicted molar refractivity (Wildman–Crippen MR) is 98.4 cm³/mol. The Morgan fingerprint density at radius 1 is 1.35 bits per heavy atom. The molecule has 2 heterocycles. The van der Waals surface area contributed by atoms with E-state index in [1.54, 1.807) is 6.07 Å². The van der Waals surface area contributed by atoms with Gasteiger partial charge < -0.3 is 20.1 Å². The number of piperidine rings is 1. The minimum absolute atomic E-state index is 0.0757. The van der Waals surface area contributed by atoms with Gasteiger partial charge in [-0.25, -0.2) is 9.37 Å². The summed E-state index contributed by atoms with van der Waals surface area (Å²) < 4.78 is 25.6. The van der Waals surface area contributed by atoms with Gasteiger partial charge in [-0.15, -0.1) is 0 Å². The molecule has 6 nitrogen and oxygen atoms in total. The average molecular weight is 358 g/mol. The number of hydrogen-bond donors (Lipinski definition) is 2. The molecule has 1 unspecified atom stereocenters. The molecule has 2 atom stereocenters. The van der Waals surface area contributed by atoms with Crippen LogP contribution in [0.15, 0.2) is 36.8 Å². The minimum atomic E-state index is -0.364. The van der Waals surface area contributed by atoms with E-state index in [1.807, 2.05) is 19.9 Å². The van der Waals surface area contributed by atoms with Gasteiger partial charge in [-0.2, -0.15) is 4.98 Å². The molecule has 0 amide bonds. The first-order valence-corrected chi connectivity index (χ1v) is 8.51. The standard InChI is InChI=1S/C19H23FN4O2/c1-11-5-7-15(14(20)9-11)24-18-17(25-4)19(22-10-21-18)26-16-8-6-12(2)23-13(16)3/h5,7,9-10,13,16,23H,2,6,8H2,1,3-4H3,(H,21,22,24)/t13?,16-/m0/s1. The smallest absolute Gasteiger partial charge is 0.262 e. The van der Waals surface area contributed by atoms with E-state index in [0.29, 0.717) is 23.1 Å². The molecule has 2 N–H and O–H groups in total. The van der Waals surface area contributed by atoms with E-state index in [-0.39, 0.29) is 18.0 Å². The van der Waals surface area contributed by atoms with Crippen LogP contribution in [0, 0.1) is 12.7 Å². The van der Waals surface area contributed by atoms with Crippen molar-refractivity contribution in [2.24, 2.45) is 0 Å². The van der Waals surface area contributed by atoms with Gasteiger partial charge in [0.2, 0.25) is 5.75 Å². The van der Waals surface area contributed by atoms with Crippen LogP contribution in [-0.4, -0.2) is 29.2 Å². The van der Waals surface area contributed by atoms with Crippen LogP contribution in [0.1, 0.15) is 25.3 Å². The van der Waals surface area contributed by atoms with Crippen molar-refractivity contribution in [1.29, 1.82) is 0 Å². The van der Waals surface area contributed by atoms with Gasteiger partial charge in [-0.1, -0.05) is 12.6 Å². The Kier molecular flexibility index (Phi) is 5.25. The Hall–Kier alpha value is -2.83. The van der Waals surface area contributed by atoms with Crippen molar-refractivity contribution in [3.8, 4) is 11.6 Å². The fourth-order valence-corrected chi connectivity index (χ4v) is 2.92. The van der Waals surface area contributed by atoms with Crippen molar-refractivity contribution in [2.45, 2.75) is 38.8 Å². The first kappa shape index (κ1) is 18.0. The molecule has 1 fully saturated rings. The number of nitrogens with one attached hydrogen (secondary N) is 2. The number of ether oxygens (including phenoxy) is 2. The van der Waals surface area contributed by atoms with E-state index >= 15 is 0 Å². The molecule has 0 aliphatic carbocycles. The van der Waals surface area contributed by atoms with Crippen LogP contribution in [0.4, 0.5) is 15.9 Å². The third-order valence-corrected chi connectivity index (χ3v) is 4.34. The van der Waals surface area contributed by atoms with Crippen molar-refractivity contribution < 1.29 is 13.9 Å². The zero-order valence-corrected chi connectivity index (χ0v) is 15.2. The molecule has 7 heteroatoms. The zero-order chi connectivity index (χ0) is 18.7. The number of rotatable bonds is 5. The highest BCUT2D eigenvalue weighted by atomic mass is 19.1. The van der Waals surface area contributed by atoms with Crippen LogP contribution < -0.4 is 20.1 Å². The Balaban J connectivity index is 1.84. The van der Waals surface area contributed by atoms with E-state index in [0.717, 1.165) is 24.1 Å². The summed E-state index contributed by atoms with van der Waals surface area (Å²) in [6, 6.07) is 5.03. The Morgan fingerprint density at radius 3 is 2.85 bits per heavy atom. The Bertz CT molecular complexity index is 812. The van der Waals surface area contributed by atoms with E-state index in [1.165, 1.54) is 19.5 Å². The molecule has 0 radical (unpaired) electrons. The highest BCUT2D eigenvalue weighted by Gasteiger charge is 2.27. The van der Waals surface area contributed by atoms with Crippen LogP contribution in [0.25, 0.3) is 0 Å². The molecule has 0 bridgehead atoms. The lowest BCUT2D eigenvalue weighted by Gasteiger charge is -2.32. The molecule has 3 rings (SSSR count). The number of aromatic nitrogens is 2. The number of hydrogen-bond acceptors (Lipinski definition) is 6. The zero-order valence-electron chi connectivity index (χ0n) is 15.2. The largest absolute Gasteiger partial charge is 0.489 e. The highest BCUT2D eigenvalue weighted by Crippen LogP contribution is 2.35. The number of halogens is 1. The summed E-state index contributed by atoms with van der Waals surface area (Å²) in [5, 5.41) is 6.24. The van der Waals surface area contributed by atoms with Crippen molar-refractivity contribution in [3.63, 3.8) is 0 Å². The van der Waals surface area contributed by atoms with Gasteiger partial charge in [0.05, 0.1) is 18.8 Å². The number of methoxy groups -OCH3 is 1. The number of anilines is 2. The van der Waals surface area contributed by atoms with Crippen molar-refractivity contribution >= 4 is 11.5 Å². The van der Waals surface area contributed by atoms with Crippen molar-refractivity contribution in [2.75, 3.05) is 12.4 Å². The van der Waals surface area contributed by atoms with Crippen LogP contribution in [0.3, 0.4) is 0 Å². The van der Waals surface area contributed by atoms with E-state index in [4.69, 9.17) is 9.47 Å². The lowest BCUT2D eigenvalue weighted by atomic mass is 10.0. The Labute approximate surface area is 152 Å². The maximum Gasteiger partial charge on any atom is 0.262 e. The van der Waals surface area contributed by atoms with E-state index in [9.17, 15) is 4.39 Å². The molecule has 1 aromatic carbocycles. The van der Waals surface area contributed by atoms with Crippen LogP contribution in [0.5, 0.6) is 11.6 Å².